The van der Waals surface area contributed by atoms with Gasteiger partial charge in [0.15, 0.2) is 0 Å². The van der Waals surface area contributed by atoms with Gasteiger partial charge in [0, 0.05) is 65.2 Å². The van der Waals surface area contributed by atoms with Crippen LogP contribution in [0.2, 0.25) is 0 Å². The molecule has 1 amide bonds. The van der Waals surface area contributed by atoms with E-state index >= 15 is 0 Å². The number of ether oxygens (including phenoxy) is 1. The standard InChI is InChI=1S/C17H29N5O2/c1-19-13-15(24-3)9-16(19)17(23)22-6-4-5-21(7-8-22)12-14-10-18-20(2)11-14/h10-11,15-16H,4-9,12-13H2,1-3H3/t15-,16-/m0/s1. The third-order valence-electron chi connectivity index (χ3n) is 5.19. The molecule has 0 radical (unpaired) electrons. The zero-order valence-electron chi connectivity index (χ0n) is 15.0. The van der Waals surface area contributed by atoms with E-state index in [2.05, 4.69) is 21.1 Å². The van der Waals surface area contributed by atoms with Crippen molar-refractivity contribution in [2.45, 2.75) is 31.5 Å². The Hall–Kier alpha value is -1.44. The van der Waals surface area contributed by atoms with Crippen LogP contribution >= 0.6 is 0 Å². The van der Waals surface area contributed by atoms with Gasteiger partial charge < -0.3 is 9.64 Å². The van der Waals surface area contributed by atoms with Gasteiger partial charge in [0.05, 0.1) is 18.3 Å². The van der Waals surface area contributed by atoms with Gasteiger partial charge in [0.2, 0.25) is 5.91 Å². The first-order chi connectivity index (χ1) is 11.6. The lowest BCUT2D eigenvalue weighted by atomic mass is 10.1. The second-order valence-corrected chi connectivity index (χ2v) is 7.03. The molecule has 24 heavy (non-hydrogen) atoms. The van der Waals surface area contributed by atoms with E-state index in [-0.39, 0.29) is 18.1 Å². The van der Waals surface area contributed by atoms with Gasteiger partial charge in [-0.3, -0.25) is 19.3 Å². The molecule has 0 aromatic carbocycles. The average Bonchev–Trinajstić information content (AvgIpc) is 3.06. The fraction of sp³-hybridized carbons (Fsp3) is 0.765. The van der Waals surface area contributed by atoms with Crippen molar-refractivity contribution < 1.29 is 9.53 Å². The Balaban J connectivity index is 1.54. The minimum absolute atomic E-state index is 0.0279. The maximum Gasteiger partial charge on any atom is 0.240 e. The molecule has 0 N–H and O–H groups in total. The SMILES string of the molecule is CO[C@H]1C[C@@H](C(=O)N2CCCN(Cc3cnn(C)c3)CC2)N(C)C1. The summed E-state index contributed by atoms with van der Waals surface area (Å²) in [4.78, 5) is 19.5. The van der Waals surface area contributed by atoms with Crippen LogP contribution in [0.25, 0.3) is 0 Å². The number of aryl methyl sites for hydroxylation is 1. The van der Waals surface area contributed by atoms with E-state index < -0.39 is 0 Å². The lowest BCUT2D eigenvalue weighted by molar-refractivity contribution is -0.135. The second kappa shape index (κ2) is 7.63. The Morgan fingerprint density at radius 2 is 2.12 bits per heavy atom. The first kappa shape index (κ1) is 17.4. The van der Waals surface area contributed by atoms with Crippen molar-refractivity contribution in [3.8, 4) is 0 Å². The van der Waals surface area contributed by atoms with Crippen LogP contribution in [-0.4, -0.2) is 89.4 Å². The number of likely N-dealkylation sites (tertiary alicyclic amines) is 1. The molecule has 3 rings (SSSR count). The Bertz CT molecular complexity index is 561. The highest BCUT2D eigenvalue weighted by Crippen LogP contribution is 2.21. The van der Waals surface area contributed by atoms with Crippen molar-refractivity contribution >= 4 is 5.91 Å². The van der Waals surface area contributed by atoms with E-state index in [9.17, 15) is 4.79 Å². The molecule has 1 aromatic heterocycles. The van der Waals surface area contributed by atoms with E-state index in [0.717, 1.165) is 52.1 Å². The predicted molar refractivity (Wildman–Crippen MR) is 91.5 cm³/mol. The summed E-state index contributed by atoms with van der Waals surface area (Å²) in [5, 5.41) is 4.23. The lowest BCUT2D eigenvalue weighted by Gasteiger charge is -2.27. The Morgan fingerprint density at radius 1 is 1.29 bits per heavy atom. The van der Waals surface area contributed by atoms with Crippen LogP contribution in [0, 0.1) is 0 Å². The molecule has 2 aliphatic heterocycles. The second-order valence-electron chi connectivity index (χ2n) is 7.03. The Labute approximate surface area is 144 Å². The molecule has 0 saturated carbocycles. The van der Waals surface area contributed by atoms with Crippen molar-refractivity contribution in [3.05, 3.63) is 18.0 Å². The van der Waals surface area contributed by atoms with Gasteiger partial charge in [-0.1, -0.05) is 0 Å². The normalized spacial score (nSPS) is 26.7. The molecule has 1 aromatic rings. The zero-order valence-corrected chi connectivity index (χ0v) is 15.0. The van der Waals surface area contributed by atoms with Crippen molar-refractivity contribution in [1.82, 2.24) is 24.5 Å². The predicted octanol–water partition coefficient (Wildman–Crippen LogP) is 0.174. The Morgan fingerprint density at radius 3 is 2.79 bits per heavy atom. The highest BCUT2D eigenvalue weighted by molar-refractivity contribution is 5.82. The van der Waals surface area contributed by atoms with Crippen LogP contribution in [0.5, 0.6) is 0 Å². The van der Waals surface area contributed by atoms with Gasteiger partial charge in [0.1, 0.15) is 0 Å². The highest BCUT2D eigenvalue weighted by Gasteiger charge is 2.37. The van der Waals surface area contributed by atoms with E-state index in [4.69, 9.17) is 4.74 Å². The number of carbonyl (C=O) groups is 1. The quantitative estimate of drug-likeness (QED) is 0.785. The third-order valence-corrected chi connectivity index (χ3v) is 5.19. The first-order valence-corrected chi connectivity index (χ1v) is 8.78. The largest absolute Gasteiger partial charge is 0.380 e. The number of methoxy groups -OCH3 is 1. The van der Waals surface area contributed by atoms with Gasteiger partial charge >= 0.3 is 0 Å². The minimum Gasteiger partial charge on any atom is -0.380 e. The molecular weight excluding hydrogens is 306 g/mol. The van der Waals surface area contributed by atoms with E-state index in [1.54, 1.807) is 7.11 Å². The maximum absolute atomic E-state index is 12.9. The molecule has 0 aliphatic carbocycles. The molecule has 2 atom stereocenters. The highest BCUT2D eigenvalue weighted by atomic mass is 16.5. The van der Waals surface area contributed by atoms with Crippen molar-refractivity contribution in [1.29, 1.82) is 0 Å². The summed E-state index contributed by atoms with van der Waals surface area (Å²) >= 11 is 0. The number of hydrogen-bond acceptors (Lipinski definition) is 5. The van der Waals surface area contributed by atoms with E-state index in [0.29, 0.717) is 0 Å². The molecule has 0 spiro atoms. The number of carbonyl (C=O) groups excluding carboxylic acids is 1. The van der Waals surface area contributed by atoms with Gasteiger partial charge in [-0.15, -0.1) is 0 Å². The van der Waals surface area contributed by atoms with Gasteiger partial charge in [-0.2, -0.15) is 5.10 Å². The number of rotatable bonds is 4. The van der Waals surface area contributed by atoms with Crippen LogP contribution in [-0.2, 0) is 23.1 Å². The van der Waals surface area contributed by atoms with E-state index in [1.807, 2.05) is 29.9 Å². The van der Waals surface area contributed by atoms with Crippen molar-refractivity contribution in [2.75, 3.05) is 46.9 Å². The molecule has 134 valence electrons. The molecule has 0 bridgehead atoms. The molecule has 2 saturated heterocycles. The summed E-state index contributed by atoms with van der Waals surface area (Å²) < 4.78 is 7.27. The third kappa shape index (κ3) is 3.96. The monoisotopic (exact) mass is 335 g/mol. The summed E-state index contributed by atoms with van der Waals surface area (Å²) in [6.45, 7) is 5.36. The summed E-state index contributed by atoms with van der Waals surface area (Å²) in [7, 11) is 5.69. The average molecular weight is 335 g/mol. The number of amides is 1. The molecule has 2 aliphatic rings. The maximum atomic E-state index is 12.9. The van der Waals surface area contributed by atoms with Crippen molar-refractivity contribution in [3.63, 3.8) is 0 Å². The minimum atomic E-state index is -0.0279. The molecule has 2 fully saturated rings. The molecule has 0 unspecified atom stereocenters. The number of likely N-dealkylation sites (N-methyl/N-ethyl adjacent to an activating group) is 1. The topological polar surface area (TPSA) is 53.8 Å². The molecule has 3 heterocycles. The fourth-order valence-electron chi connectivity index (χ4n) is 3.78. The first-order valence-electron chi connectivity index (χ1n) is 8.78. The smallest absolute Gasteiger partial charge is 0.240 e. The summed E-state index contributed by atoms with van der Waals surface area (Å²) in [6, 6.07) is -0.0279. The van der Waals surface area contributed by atoms with Gasteiger partial charge in [-0.25, -0.2) is 0 Å². The van der Waals surface area contributed by atoms with Crippen LogP contribution in [0.15, 0.2) is 12.4 Å². The summed E-state index contributed by atoms with van der Waals surface area (Å²) in [6.07, 6.45) is 5.99. The van der Waals surface area contributed by atoms with Crippen LogP contribution in [0.3, 0.4) is 0 Å². The van der Waals surface area contributed by atoms with Crippen LogP contribution < -0.4 is 0 Å². The number of hydrogen-bond donors (Lipinski definition) is 0. The molecular formula is C17H29N5O2. The molecule has 7 heteroatoms. The van der Waals surface area contributed by atoms with Crippen LogP contribution in [0.4, 0.5) is 0 Å². The molecule has 7 nitrogen and oxygen atoms in total. The van der Waals surface area contributed by atoms with Crippen LogP contribution in [0.1, 0.15) is 18.4 Å². The lowest BCUT2D eigenvalue weighted by Crippen LogP contribution is -2.45. The Kier molecular flexibility index (Phi) is 5.53. The number of nitrogens with zero attached hydrogens (tertiary/aromatic N) is 5. The number of aromatic nitrogens is 2. The fourth-order valence-corrected chi connectivity index (χ4v) is 3.78. The zero-order chi connectivity index (χ0) is 17.1. The van der Waals surface area contributed by atoms with Gasteiger partial charge in [-0.05, 0) is 19.9 Å². The van der Waals surface area contributed by atoms with E-state index in [1.165, 1.54) is 5.56 Å². The van der Waals surface area contributed by atoms with Gasteiger partial charge in [0.25, 0.3) is 0 Å². The summed E-state index contributed by atoms with van der Waals surface area (Å²) in [5.41, 5.74) is 1.23. The van der Waals surface area contributed by atoms with Crippen molar-refractivity contribution in [2.24, 2.45) is 7.05 Å². The summed E-state index contributed by atoms with van der Waals surface area (Å²) in [5.74, 6) is 0.264.